The minimum Gasteiger partial charge on any atom is -0.398 e. The molecule has 0 atom stereocenters. The molecule has 0 saturated carbocycles. The van der Waals surface area contributed by atoms with Gasteiger partial charge in [-0.05, 0) is 25.1 Å². The summed E-state index contributed by atoms with van der Waals surface area (Å²) < 4.78 is 40.7. The van der Waals surface area contributed by atoms with E-state index in [1.165, 1.54) is 0 Å². The average molecular weight is 233 g/mol. The standard InChI is InChI=1S/C9H12FNO3S/c1-2-14-6-15(12,13)9-4-3-7(10)5-8(9)11/h3-5H,2,6,11H2,1H3. The number of rotatable bonds is 4. The van der Waals surface area contributed by atoms with Gasteiger partial charge in [0.1, 0.15) is 5.82 Å². The van der Waals surface area contributed by atoms with Crippen LogP contribution in [0, 0.1) is 5.82 Å². The molecule has 0 radical (unpaired) electrons. The molecule has 0 heterocycles. The summed E-state index contributed by atoms with van der Waals surface area (Å²) in [6, 6.07) is 3.16. The highest BCUT2D eigenvalue weighted by Gasteiger charge is 2.17. The van der Waals surface area contributed by atoms with Crippen LogP contribution in [0.5, 0.6) is 0 Å². The summed E-state index contributed by atoms with van der Waals surface area (Å²) >= 11 is 0. The van der Waals surface area contributed by atoms with E-state index in [4.69, 9.17) is 10.5 Å². The van der Waals surface area contributed by atoms with E-state index in [-0.39, 0.29) is 10.6 Å². The largest absolute Gasteiger partial charge is 0.398 e. The molecular weight excluding hydrogens is 221 g/mol. The Bertz CT molecular complexity index is 445. The van der Waals surface area contributed by atoms with Crippen molar-refractivity contribution in [1.29, 1.82) is 0 Å². The SMILES string of the molecule is CCOCS(=O)(=O)c1ccc(F)cc1N. The number of ether oxygens (including phenoxy) is 1. The van der Waals surface area contributed by atoms with Gasteiger partial charge < -0.3 is 10.5 Å². The van der Waals surface area contributed by atoms with Gasteiger partial charge >= 0.3 is 0 Å². The Balaban J connectivity index is 3.05. The minimum atomic E-state index is -3.58. The Morgan fingerprint density at radius 2 is 2.13 bits per heavy atom. The van der Waals surface area contributed by atoms with Crippen molar-refractivity contribution in [2.75, 3.05) is 18.3 Å². The quantitative estimate of drug-likeness (QED) is 0.626. The second-order valence-corrected chi connectivity index (χ2v) is 4.81. The van der Waals surface area contributed by atoms with Gasteiger partial charge in [-0.3, -0.25) is 0 Å². The zero-order valence-electron chi connectivity index (χ0n) is 8.23. The zero-order valence-corrected chi connectivity index (χ0v) is 9.05. The predicted molar refractivity (Wildman–Crippen MR) is 54.5 cm³/mol. The van der Waals surface area contributed by atoms with Crippen molar-refractivity contribution >= 4 is 15.5 Å². The van der Waals surface area contributed by atoms with Crippen molar-refractivity contribution in [3.63, 3.8) is 0 Å². The van der Waals surface area contributed by atoms with Crippen LogP contribution in [-0.4, -0.2) is 21.0 Å². The highest BCUT2D eigenvalue weighted by atomic mass is 32.2. The van der Waals surface area contributed by atoms with Crippen LogP contribution in [-0.2, 0) is 14.6 Å². The highest BCUT2D eigenvalue weighted by molar-refractivity contribution is 7.91. The van der Waals surface area contributed by atoms with Crippen LogP contribution in [0.25, 0.3) is 0 Å². The van der Waals surface area contributed by atoms with Gasteiger partial charge in [0.05, 0.1) is 10.6 Å². The van der Waals surface area contributed by atoms with Crippen LogP contribution in [0.15, 0.2) is 23.1 Å². The molecule has 0 fully saturated rings. The van der Waals surface area contributed by atoms with E-state index in [0.717, 1.165) is 18.2 Å². The van der Waals surface area contributed by atoms with Crippen molar-refractivity contribution in [2.24, 2.45) is 0 Å². The lowest BCUT2D eigenvalue weighted by atomic mass is 10.3. The van der Waals surface area contributed by atoms with E-state index in [0.29, 0.717) is 6.61 Å². The molecule has 84 valence electrons. The Kier molecular flexibility index (Phi) is 3.65. The average Bonchev–Trinajstić information content (AvgIpc) is 2.14. The molecule has 0 aliphatic rings. The van der Waals surface area contributed by atoms with Crippen LogP contribution < -0.4 is 5.73 Å². The summed E-state index contributed by atoms with van der Waals surface area (Å²) in [5, 5.41) is 0. The molecule has 1 aromatic rings. The van der Waals surface area contributed by atoms with Crippen LogP contribution in [0.3, 0.4) is 0 Å². The Morgan fingerprint density at radius 3 is 2.67 bits per heavy atom. The first kappa shape index (κ1) is 11.9. The van der Waals surface area contributed by atoms with Gasteiger partial charge in [0.2, 0.25) is 9.84 Å². The molecule has 4 nitrogen and oxygen atoms in total. The number of nitrogens with two attached hydrogens (primary N) is 1. The summed E-state index contributed by atoms with van der Waals surface area (Å²) in [5.41, 5.74) is 5.30. The van der Waals surface area contributed by atoms with E-state index >= 15 is 0 Å². The van der Waals surface area contributed by atoms with Gasteiger partial charge in [0.25, 0.3) is 0 Å². The summed E-state index contributed by atoms with van der Waals surface area (Å²) in [6.07, 6.45) is 0. The first-order valence-corrected chi connectivity index (χ1v) is 5.98. The van der Waals surface area contributed by atoms with Gasteiger partial charge in [-0.2, -0.15) is 0 Å². The number of sulfone groups is 1. The van der Waals surface area contributed by atoms with E-state index < -0.39 is 21.6 Å². The maximum atomic E-state index is 12.7. The molecule has 0 unspecified atom stereocenters. The second-order valence-electron chi connectivity index (χ2n) is 2.91. The number of hydrogen-bond donors (Lipinski definition) is 1. The molecule has 15 heavy (non-hydrogen) atoms. The van der Waals surface area contributed by atoms with Crippen molar-refractivity contribution in [2.45, 2.75) is 11.8 Å². The first-order chi connectivity index (χ1) is 6.97. The molecule has 0 aromatic heterocycles. The molecule has 0 spiro atoms. The Hall–Kier alpha value is -1.14. The van der Waals surface area contributed by atoms with Crippen LogP contribution in [0.4, 0.5) is 10.1 Å². The molecule has 0 saturated heterocycles. The maximum Gasteiger partial charge on any atom is 0.204 e. The van der Waals surface area contributed by atoms with Crippen molar-refractivity contribution in [1.82, 2.24) is 0 Å². The fourth-order valence-corrected chi connectivity index (χ4v) is 2.27. The summed E-state index contributed by atoms with van der Waals surface area (Å²) in [6.45, 7) is 1.98. The minimum absolute atomic E-state index is 0.0997. The summed E-state index contributed by atoms with van der Waals surface area (Å²) in [7, 11) is -3.58. The fourth-order valence-electron chi connectivity index (χ4n) is 1.06. The number of halogens is 1. The summed E-state index contributed by atoms with van der Waals surface area (Å²) in [4.78, 5) is -0.0997. The Labute approximate surface area is 87.8 Å². The predicted octanol–water partition coefficient (Wildman–Crippen LogP) is 1.18. The van der Waals surface area contributed by atoms with Crippen LogP contribution >= 0.6 is 0 Å². The van der Waals surface area contributed by atoms with Gasteiger partial charge in [-0.15, -0.1) is 0 Å². The van der Waals surface area contributed by atoms with Gasteiger partial charge in [0, 0.05) is 6.61 Å². The van der Waals surface area contributed by atoms with E-state index in [1.54, 1.807) is 6.92 Å². The van der Waals surface area contributed by atoms with Crippen molar-refractivity contribution in [3.05, 3.63) is 24.0 Å². The van der Waals surface area contributed by atoms with Crippen LogP contribution in [0.1, 0.15) is 6.92 Å². The molecule has 1 aromatic carbocycles. The van der Waals surface area contributed by atoms with Crippen molar-refractivity contribution < 1.29 is 17.5 Å². The van der Waals surface area contributed by atoms with Crippen LogP contribution in [0.2, 0.25) is 0 Å². The summed E-state index contributed by atoms with van der Waals surface area (Å²) in [5.74, 6) is -1.01. The third kappa shape index (κ3) is 2.90. The van der Waals surface area contributed by atoms with Crippen molar-refractivity contribution in [3.8, 4) is 0 Å². The lowest BCUT2D eigenvalue weighted by Crippen LogP contribution is -2.12. The Morgan fingerprint density at radius 1 is 1.47 bits per heavy atom. The van der Waals surface area contributed by atoms with E-state index in [9.17, 15) is 12.8 Å². The topological polar surface area (TPSA) is 69.4 Å². The molecule has 2 N–H and O–H groups in total. The monoisotopic (exact) mass is 233 g/mol. The normalized spacial score (nSPS) is 11.6. The molecule has 0 aliphatic heterocycles. The molecule has 0 bridgehead atoms. The number of anilines is 1. The fraction of sp³-hybridized carbons (Fsp3) is 0.333. The highest BCUT2D eigenvalue weighted by Crippen LogP contribution is 2.20. The second kappa shape index (κ2) is 4.59. The molecule has 0 aliphatic carbocycles. The van der Waals surface area contributed by atoms with E-state index in [1.807, 2.05) is 0 Å². The zero-order chi connectivity index (χ0) is 11.5. The lowest BCUT2D eigenvalue weighted by molar-refractivity contribution is 0.192. The first-order valence-electron chi connectivity index (χ1n) is 4.33. The molecule has 1 rings (SSSR count). The van der Waals surface area contributed by atoms with Gasteiger partial charge in [0.15, 0.2) is 5.94 Å². The third-order valence-electron chi connectivity index (χ3n) is 1.75. The van der Waals surface area contributed by atoms with E-state index in [2.05, 4.69) is 0 Å². The third-order valence-corrected chi connectivity index (χ3v) is 3.27. The smallest absolute Gasteiger partial charge is 0.204 e. The molecular formula is C9H12FNO3S. The van der Waals surface area contributed by atoms with Gasteiger partial charge in [-0.1, -0.05) is 0 Å². The number of hydrogen-bond acceptors (Lipinski definition) is 4. The number of benzene rings is 1. The lowest BCUT2D eigenvalue weighted by Gasteiger charge is -2.07. The molecule has 0 amide bonds. The van der Waals surface area contributed by atoms with Gasteiger partial charge in [-0.25, -0.2) is 12.8 Å². The maximum absolute atomic E-state index is 12.7. The molecule has 6 heteroatoms. The number of nitrogen functional groups attached to an aromatic ring is 1.